The molecule has 0 heterocycles. The molecule has 1 aromatic rings. The van der Waals surface area contributed by atoms with Crippen molar-refractivity contribution >= 4 is 29.1 Å². The standard InChI is InChI=1S/C10H12ClN3O2/c1-5(9(13)15)14-10(16)8-6(11)3-2-4-7(8)12/h2-5H,12H2,1H3,(H2,13,15)(H,14,16). The highest BCUT2D eigenvalue weighted by Crippen LogP contribution is 2.21. The number of nitrogens with two attached hydrogens (primary N) is 2. The Morgan fingerprint density at radius 1 is 1.44 bits per heavy atom. The smallest absolute Gasteiger partial charge is 0.255 e. The van der Waals surface area contributed by atoms with Crippen molar-refractivity contribution in [1.82, 2.24) is 5.32 Å². The number of carbonyl (C=O) groups excluding carboxylic acids is 2. The summed E-state index contributed by atoms with van der Waals surface area (Å²) in [6, 6.07) is 3.95. The van der Waals surface area contributed by atoms with Crippen molar-refractivity contribution in [2.45, 2.75) is 13.0 Å². The molecule has 1 aromatic carbocycles. The number of hydrogen-bond acceptors (Lipinski definition) is 3. The molecule has 5 N–H and O–H groups in total. The maximum absolute atomic E-state index is 11.7. The van der Waals surface area contributed by atoms with Gasteiger partial charge in [-0.2, -0.15) is 0 Å². The second kappa shape index (κ2) is 4.85. The first kappa shape index (κ1) is 12.3. The lowest BCUT2D eigenvalue weighted by Crippen LogP contribution is -2.42. The van der Waals surface area contributed by atoms with Crippen LogP contribution >= 0.6 is 11.6 Å². The number of benzene rings is 1. The quantitative estimate of drug-likeness (QED) is 0.673. The maximum atomic E-state index is 11.7. The molecule has 0 aliphatic heterocycles. The molecule has 2 amide bonds. The van der Waals surface area contributed by atoms with Crippen LogP contribution in [0.15, 0.2) is 18.2 Å². The van der Waals surface area contributed by atoms with Crippen LogP contribution in [0.1, 0.15) is 17.3 Å². The van der Waals surface area contributed by atoms with Crippen molar-refractivity contribution < 1.29 is 9.59 Å². The van der Waals surface area contributed by atoms with Crippen molar-refractivity contribution in [1.29, 1.82) is 0 Å². The third-order valence-electron chi connectivity index (χ3n) is 2.05. The molecule has 0 radical (unpaired) electrons. The Hall–Kier alpha value is -1.75. The lowest BCUT2D eigenvalue weighted by molar-refractivity contribution is -0.119. The van der Waals surface area contributed by atoms with Gasteiger partial charge in [0.25, 0.3) is 5.91 Å². The van der Waals surface area contributed by atoms with E-state index >= 15 is 0 Å². The summed E-state index contributed by atoms with van der Waals surface area (Å²) < 4.78 is 0. The zero-order valence-corrected chi connectivity index (χ0v) is 9.41. The number of amides is 2. The fraction of sp³-hybridized carbons (Fsp3) is 0.200. The topological polar surface area (TPSA) is 98.2 Å². The van der Waals surface area contributed by atoms with Crippen LogP contribution in [-0.2, 0) is 4.79 Å². The molecular formula is C10H12ClN3O2. The first-order valence-corrected chi connectivity index (χ1v) is 4.95. The van der Waals surface area contributed by atoms with Gasteiger partial charge in [-0.05, 0) is 19.1 Å². The van der Waals surface area contributed by atoms with Gasteiger partial charge in [0.15, 0.2) is 0 Å². The Morgan fingerprint density at radius 2 is 2.06 bits per heavy atom. The van der Waals surface area contributed by atoms with Crippen LogP contribution < -0.4 is 16.8 Å². The largest absolute Gasteiger partial charge is 0.398 e. The second-order valence-electron chi connectivity index (χ2n) is 3.30. The van der Waals surface area contributed by atoms with E-state index in [2.05, 4.69) is 5.32 Å². The average molecular weight is 242 g/mol. The number of halogens is 1. The molecule has 0 aliphatic rings. The van der Waals surface area contributed by atoms with Gasteiger partial charge in [0.1, 0.15) is 6.04 Å². The van der Waals surface area contributed by atoms with Crippen LogP contribution in [0.25, 0.3) is 0 Å². The van der Waals surface area contributed by atoms with E-state index in [0.29, 0.717) is 0 Å². The summed E-state index contributed by atoms with van der Waals surface area (Å²) in [4.78, 5) is 22.5. The normalized spacial score (nSPS) is 11.9. The van der Waals surface area contributed by atoms with E-state index in [1.54, 1.807) is 18.2 Å². The van der Waals surface area contributed by atoms with Crippen LogP contribution in [0.3, 0.4) is 0 Å². The molecule has 5 nitrogen and oxygen atoms in total. The summed E-state index contributed by atoms with van der Waals surface area (Å²) >= 11 is 5.83. The Balaban J connectivity index is 2.93. The van der Waals surface area contributed by atoms with Crippen LogP contribution in [0.5, 0.6) is 0 Å². The Kier molecular flexibility index (Phi) is 3.73. The minimum atomic E-state index is -0.775. The molecule has 0 saturated carbocycles. The highest BCUT2D eigenvalue weighted by molar-refractivity contribution is 6.34. The van der Waals surface area contributed by atoms with E-state index in [4.69, 9.17) is 23.1 Å². The molecule has 0 aromatic heterocycles. The molecule has 6 heteroatoms. The van der Waals surface area contributed by atoms with Gasteiger partial charge in [-0.15, -0.1) is 0 Å². The molecule has 1 rings (SSSR count). The third kappa shape index (κ3) is 2.64. The molecule has 1 atom stereocenters. The van der Waals surface area contributed by atoms with Crippen LogP contribution in [0.4, 0.5) is 5.69 Å². The van der Waals surface area contributed by atoms with Gasteiger partial charge in [-0.1, -0.05) is 17.7 Å². The van der Waals surface area contributed by atoms with E-state index in [0.717, 1.165) is 0 Å². The molecule has 0 bridgehead atoms. The molecular weight excluding hydrogens is 230 g/mol. The van der Waals surface area contributed by atoms with Gasteiger partial charge in [-0.3, -0.25) is 9.59 Å². The maximum Gasteiger partial charge on any atom is 0.255 e. The number of hydrogen-bond donors (Lipinski definition) is 3. The summed E-state index contributed by atoms with van der Waals surface area (Å²) in [5.41, 5.74) is 11.0. The van der Waals surface area contributed by atoms with Gasteiger partial charge < -0.3 is 16.8 Å². The van der Waals surface area contributed by atoms with E-state index in [9.17, 15) is 9.59 Å². The number of carbonyl (C=O) groups is 2. The molecule has 0 aliphatic carbocycles. The SMILES string of the molecule is CC(NC(=O)c1c(N)cccc1Cl)C(N)=O. The molecule has 16 heavy (non-hydrogen) atoms. The van der Waals surface area contributed by atoms with E-state index in [-0.39, 0.29) is 16.3 Å². The molecule has 1 unspecified atom stereocenters. The first-order chi connectivity index (χ1) is 7.43. The highest BCUT2D eigenvalue weighted by atomic mass is 35.5. The summed E-state index contributed by atoms with van der Waals surface area (Å²) in [7, 11) is 0. The van der Waals surface area contributed by atoms with Crippen LogP contribution in [0.2, 0.25) is 5.02 Å². The zero-order valence-electron chi connectivity index (χ0n) is 8.66. The minimum Gasteiger partial charge on any atom is -0.398 e. The summed E-state index contributed by atoms with van der Waals surface area (Å²) in [6.45, 7) is 1.48. The summed E-state index contributed by atoms with van der Waals surface area (Å²) in [6.07, 6.45) is 0. The second-order valence-corrected chi connectivity index (χ2v) is 3.71. The third-order valence-corrected chi connectivity index (χ3v) is 2.36. The number of rotatable bonds is 3. The first-order valence-electron chi connectivity index (χ1n) is 4.57. The predicted octanol–water partition coefficient (Wildman–Crippen LogP) is 0.526. The fourth-order valence-electron chi connectivity index (χ4n) is 1.12. The van der Waals surface area contributed by atoms with Crippen molar-refractivity contribution in [2.24, 2.45) is 5.73 Å². The molecule has 86 valence electrons. The summed E-state index contributed by atoms with van der Waals surface area (Å²) in [5, 5.41) is 2.63. The lowest BCUT2D eigenvalue weighted by atomic mass is 10.1. The van der Waals surface area contributed by atoms with E-state index in [1.165, 1.54) is 6.92 Å². The molecule has 0 spiro atoms. The molecule has 0 fully saturated rings. The number of nitrogens with one attached hydrogen (secondary N) is 1. The highest BCUT2D eigenvalue weighted by Gasteiger charge is 2.18. The van der Waals surface area contributed by atoms with Crippen LogP contribution in [0, 0.1) is 0 Å². The minimum absolute atomic E-state index is 0.150. The van der Waals surface area contributed by atoms with Gasteiger partial charge >= 0.3 is 0 Å². The van der Waals surface area contributed by atoms with Gasteiger partial charge in [0.05, 0.1) is 10.6 Å². The fourth-order valence-corrected chi connectivity index (χ4v) is 1.39. The van der Waals surface area contributed by atoms with Crippen LogP contribution in [-0.4, -0.2) is 17.9 Å². The van der Waals surface area contributed by atoms with Crippen molar-refractivity contribution in [3.05, 3.63) is 28.8 Å². The van der Waals surface area contributed by atoms with E-state index < -0.39 is 17.9 Å². The molecule has 0 saturated heterocycles. The Labute approximate surface area is 97.7 Å². The van der Waals surface area contributed by atoms with Crippen molar-refractivity contribution in [3.63, 3.8) is 0 Å². The average Bonchev–Trinajstić information content (AvgIpc) is 2.16. The van der Waals surface area contributed by atoms with Gasteiger partial charge in [0, 0.05) is 5.69 Å². The van der Waals surface area contributed by atoms with Crippen molar-refractivity contribution in [2.75, 3.05) is 5.73 Å². The summed E-state index contributed by atoms with van der Waals surface area (Å²) in [5.74, 6) is -1.15. The number of nitrogen functional groups attached to an aromatic ring is 1. The Morgan fingerprint density at radius 3 is 2.56 bits per heavy atom. The van der Waals surface area contributed by atoms with Gasteiger partial charge in [-0.25, -0.2) is 0 Å². The predicted molar refractivity (Wildman–Crippen MR) is 62.0 cm³/mol. The van der Waals surface area contributed by atoms with Gasteiger partial charge in [0.2, 0.25) is 5.91 Å². The number of anilines is 1. The van der Waals surface area contributed by atoms with E-state index in [1.807, 2.05) is 0 Å². The lowest BCUT2D eigenvalue weighted by Gasteiger charge is -2.12. The number of primary amides is 1. The van der Waals surface area contributed by atoms with Crippen molar-refractivity contribution in [3.8, 4) is 0 Å². The monoisotopic (exact) mass is 241 g/mol. The Bertz CT molecular complexity index is 414. The zero-order chi connectivity index (χ0) is 12.3.